The fourth-order valence-electron chi connectivity index (χ4n) is 5.57. The molecule has 0 unspecified atom stereocenters. The van der Waals surface area contributed by atoms with E-state index in [2.05, 4.69) is 17.0 Å². The van der Waals surface area contributed by atoms with Crippen molar-refractivity contribution in [1.82, 2.24) is 9.80 Å². The maximum absolute atomic E-state index is 13.5. The molecule has 0 N–H and O–H groups in total. The summed E-state index contributed by atoms with van der Waals surface area (Å²) in [5.41, 5.74) is 3.65. The molecule has 1 aromatic carbocycles. The highest BCUT2D eigenvalue weighted by Crippen LogP contribution is 2.34. The number of oxime groups is 1. The highest BCUT2D eigenvalue weighted by atomic mass is 19.1. The normalized spacial score (nSPS) is 19.4. The van der Waals surface area contributed by atoms with Crippen LogP contribution in [0.3, 0.4) is 0 Å². The molecule has 2 fully saturated rings. The fraction of sp³-hybridized carbons (Fsp3) is 0.536. The molecular formula is C28H37FN4O3. The Labute approximate surface area is 213 Å². The average Bonchev–Trinajstić information content (AvgIpc) is 2.88. The predicted molar refractivity (Wildman–Crippen MR) is 137 cm³/mol. The van der Waals surface area contributed by atoms with Crippen LogP contribution >= 0.6 is 0 Å². The number of aryl methyl sites for hydroxylation is 1. The van der Waals surface area contributed by atoms with Gasteiger partial charge in [-0.15, -0.1) is 0 Å². The van der Waals surface area contributed by atoms with Crippen molar-refractivity contribution >= 4 is 11.6 Å². The molecule has 7 nitrogen and oxygen atoms in total. The summed E-state index contributed by atoms with van der Waals surface area (Å²) in [7, 11) is 0. The highest BCUT2D eigenvalue weighted by molar-refractivity contribution is 6.02. The molecule has 1 aromatic heterocycles. The Morgan fingerprint density at radius 1 is 1.14 bits per heavy atom. The van der Waals surface area contributed by atoms with Gasteiger partial charge in [0.25, 0.3) is 5.91 Å². The maximum Gasteiger partial charge on any atom is 0.260 e. The molecule has 3 heterocycles. The molecule has 0 radical (unpaired) electrons. The Kier molecular flexibility index (Phi) is 7.93. The molecule has 0 bridgehead atoms. The van der Waals surface area contributed by atoms with Gasteiger partial charge < -0.3 is 14.9 Å². The lowest BCUT2D eigenvalue weighted by molar-refractivity contribution is -0.612. The Morgan fingerprint density at radius 2 is 1.78 bits per heavy atom. The average molecular weight is 497 g/mol. The predicted octanol–water partition coefficient (Wildman–Crippen LogP) is 4.22. The third-order valence-corrected chi connectivity index (χ3v) is 7.97. The minimum Gasteiger partial charge on any atom is -0.618 e. The summed E-state index contributed by atoms with van der Waals surface area (Å²) in [5.74, 6) is -0.0507. The van der Waals surface area contributed by atoms with Gasteiger partial charge >= 0.3 is 0 Å². The van der Waals surface area contributed by atoms with E-state index >= 15 is 0 Å². The van der Waals surface area contributed by atoms with E-state index in [4.69, 9.17) is 4.84 Å². The number of carbonyl (C=O) groups is 1. The number of benzene rings is 1. The molecule has 2 aliphatic heterocycles. The van der Waals surface area contributed by atoms with Gasteiger partial charge in [0.2, 0.25) is 5.69 Å². The van der Waals surface area contributed by atoms with Crippen molar-refractivity contribution in [2.75, 3.05) is 32.8 Å². The van der Waals surface area contributed by atoms with Crippen LogP contribution in [0, 0.1) is 30.8 Å². The van der Waals surface area contributed by atoms with Gasteiger partial charge in [-0.2, -0.15) is 4.73 Å². The molecule has 2 saturated heterocycles. The number of likely N-dealkylation sites (tertiary alicyclic amines) is 2. The molecule has 1 amide bonds. The lowest BCUT2D eigenvalue weighted by atomic mass is 9.82. The minimum absolute atomic E-state index is 0.0219. The van der Waals surface area contributed by atoms with Crippen molar-refractivity contribution in [2.24, 2.45) is 11.1 Å². The third-order valence-electron chi connectivity index (χ3n) is 7.97. The number of hydrogen-bond acceptors (Lipinski definition) is 5. The monoisotopic (exact) mass is 496 g/mol. The number of piperidine rings is 2. The first-order valence-electron chi connectivity index (χ1n) is 12.9. The summed E-state index contributed by atoms with van der Waals surface area (Å²) in [6, 6.07) is 8.20. The third kappa shape index (κ3) is 5.38. The van der Waals surface area contributed by atoms with Crippen molar-refractivity contribution in [3.05, 3.63) is 69.9 Å². The van der Waals surface area contributed by atoms with Crippen molar-refractivity contribution in [3.8, 4) is 0 Å². The quantitative estimate of drug-likeness (QED) is 0.260. The summed E-state index contributed by atoms with van der Waals surface area (Å²) < 4.78 is 14.2. The first-order valence-corrected chi connectivity index (χ1v) is 12.9. The molecule has 36 heavy (non-hydrogen) atoms. The molecule has 8 heteroatoms. The lowest BCUT2D eigenvalue weighted by Crippen LogP contribution is -2.57. The van der Waals surface area contributed by atoms with Gasteiger partial charge in [0, 0.05) is 37.5 Å². The van der Waals surface area contributed by atoms with Crippen LogP contribution in [0.15, 0.2) is 41.7 Å². The van der Waals surface area contributed by atoms with Gasteiger partial charge in [0.1, 0.15) is 18.0 Å². The van der Waals surface area contributed by atoms with Gasteiger partial charge in [0.15, 0.2) is 6.20 Å². The van der Waals surface area contributed by atoms with Gasteiger partial charge in [-0.25, -0.2) is 4.39 Å². The largest absolute Gasteiger partial charge is 0.618 e. The summed E-state index contributed by atoms with van der Waals surface area (Å²) in [5, 5.41) is 16.4. The van der Waals surface area contributed by atoms with Crippen LogP contribution in [-0.2, 0) is 4.84 Å². The topological polar surface area (TPSA) is 72.1 Å². The smallest absolute Gasteiger partial charge is 0.260 e. The van der Waals surface area contributed by atoms with Crippen LogP contribution < -0.4 is 4.73 Å². The summed E-state index contributed by atoms with van der Waals surface area (Å²) in [6.45, 7) is 11.5. The Bertz CT molecular complexity index is 1100. The number of amides is 1. The number of pyridine rings is 1. The van der Waals surface area contributed by atoms with E-state index in [-0.39, 0.29) is 23.2 Å². The molecule has 4 rings (SSSR count). The molecule has 2 aliphatic rings. The van der Waals surface area contributed by atoms with Crippen LogP contribution in [0.2, 0.25) is 0 Å². The van der Waals surface area contributed by atoms with Crippen LogP contribution in [0.4, 0.5) is 4.39 Å². The van der Waals surface area contributed by atoms with E-state index < -0.39 is 0 Å². The second-order valence-corrected chi connectivity index (χ2v) is 10.2. The van der Waals surface area contributed by atoms with Gasteiger partial charge in [0.05, 0.1) is 5.71 Å². The Balaban J connectivity index is 1.38. The zero-order valence-corrected chi connectivity index (χ0v) is 21.8. The zero-order valence-electron chi connectivity index (χ0n) is 21.8. The molecule has 0 saturated carbocycles. The van der Waals surface area contributed by atoms with E-state index in [1.54, 1.807) is 25.1 Å². The molecular weight excluding hydrogens is 459 g/mol. The van der Waals surface area contributed by atoms with E-state index in [9.17, 15) is 14.4 Å². The molecule has 194 valence electrons. The van der Waals surface area contributed by atoms with Crippen molar-refractivity contribution in [2.45, 2.75) is 58.9 Å². The van der Waals surface area contributed by atoms with Gasteiger partial charge in [-0.05, 0) is 82.8 Å². The Hall–Kier alpha value is -3.00. The first kappa shape index (κ1) is 26.1. The van der Waals surface area contributed by atoms with E-state index in [1.807, 2.05) is 18.7 Å². The molecule has 0 atom stereocenters. The van der Waals surface area contributed by atoms with Crippen molar-refractivity contribution < 1.29 is 18.8 Å². The second kappa shape index (κ2) is 10.9. The maximum atomic E-state index is 13.5. The fourth-order valence-corrected chi connectivity index (χ4v) is 5.57. The minimum atomic E-state index is -0.258. The molecule has 2 aromatic rings. The number of hydrogen-bond donors (Lipinski definition) is 0. The number of rotatable bonds is 6. The number of carbonyl (C=O) groups excluding carboxylic acids is 1. The van der Waals surface area contributed by atoms with Crippen LogP contribution in [0.5, 0.6) is 0 Å². The van der Waals surface area contributed by atoms with Crippen LogP contribution in [0.25, 0.3) is 0 Å². The lowest BCUT2D eigenvalue weighted by Gasteiger charge is -2.49. The summed E-state index contributed by atoms with van der Waals surface area (Å²) in [6.07, 6.45) is 5.15. The Morgan fingerprint density at radius 3 is 2.39 bits per heavy atom. The molecule has 0 aliphatic carbocycles. The SMILES string of the molecule is CCO/N=C(/c1ccc(F)cc1)C1CCN(C2(C)CCN(C(=O)c3c(C)cc[n+]([O-])c3C)CC2)CC1. The number of halogens is 1. The number of aromatic nitrogens is 1. The van der Waals surface area contributed by atoms with E-state index in [1.165, 1.54) is 18.3 Å². The van der Waals surface area contributed by atoms with Crippen LogP contribution in [0.1, 0.15) is 66.7 Å². The van der Waals surface area contributed by atoms with Crippen LogP contribution in [-0.4, -0.2) is 59.7 Å². The first-order chi connectivity index (χ1) is 17.2. The van der Waals surface area contributed by atoms with E-state index in [0.717, 1.165) is 60.3 Å². The van der Waals surface area contributed by atoms with Crippen molar-refractivity contribution in [1.29, 1.82) is 0 Å². The zero-order chi connectivity index (χ0) is 25.9. The highest BCUT2D eigenvalue weighted by Gasteiger charge is 2.40. The second-order valence-electron chi connectivity index (χ2n) is 10.2. The van der Waals surface area contributed by atoms with Crippen molar-refractivity contribution in [3.63, 3.8) is 0 Å². The van der Waals surface area contributed by atoms with Gasteiger partial charge in [-0.3, -0.25) is 9.69 Å². The standard InChI is InChI=1S/C28H37FN4O3/c1-5-36-30-26(22-6-8-24(29)9-7-22)23-11-15-32(16-12-23)28(4)13-18-31(19-14-28)27(34)25-20(2)10-17-33(35)21(25)3/h6-10,17,23H,5,11-16,18-19H2,1-4H3/b30-26-. The van der Waals surface area contributed by atoms with E-state index in [0.29, 0.717) is 31.0 Å². The number of nitrogens with zero attached hydrogens (tertiary/aromatic N) is 4. The van der Waals surface area contributed by atoms with Gasteiger partial charge in [-0.1, -0.05) is 17.3 Å². The summed E-state index contributed by atoms with van der Waals surface area (Å²) >= 11 is 0. The molecule has 0 spiro atoms. The summed E-state index contributed by atoms with van der Waals surface area (Å²) in [4.78, 5) is 23.1.